The number of rotatable bonds is 11. The first-order valence-corrected chi connectivity index (χ1v) is 16.6. The average molecular weight is 651 g/mol. The molecule has 0 atom stereocenters. The second kappa shape index (κ2) is 14.7. The SMILES string of the molecule is C=C(c1ccc(C)cc1)c1ccc(Oc2ccc(N(c3ccccc3)c3ccc(N(c4ccccc4)c4ccc(OC)cc4)cc3)cc2)cc1. The Balaban J connectivity index is 1.13. The van der Waals surface area contributed by atoms with Gasteiger partial charge in [0.05, 0.1) is 7.11 Å². The minimum atomic E-state index is 0.764. The van der Waals surface area contributed by atoms with Gasteiger partial charge in [0.2, 0.25) is 0 Å². The van der Waals surface area contributed by atoms with Crippen molar-refractivity contribution >= 4 is 39.7 Å². The van der Waals surface area contributed by atoms with E-state index in [1.807, 2.05) is 48.5 Å². The quantitative estimate of drug-likeness (QED) is 0.139. The lowest BCUT2D eigenvalue weighted by Crippen LogP contribution is -2.12. The third-order valence-electron chi connectivity index (χ3n) is 8.66. The van der Waals surface area contributed by atoms with Crippen LogP contribution in [0.25, 0.3) is 5.57 Å². The summed E-state index contributed by atoms with van der Waals surface area (Å²) in [5, 5.41) is 0. The number of nitrogens with zero attached hydrogens (tertiary/aromatic N) is 2. The zero-order valence-electron chi connectivity index (χ0n) is 28.2. The van der Waals surface area contributed by atoms with Gasteiger partial charge in [-0.15, -0.1) is 0 Å². The molecule has 244 valence electrons. The first-order chi connectivity index (χ1) is 24.6. The van der Waals surface area contributed by atoms with Crippen molar-refractivity contribution in [2.24, 2.45) is 0 Å². The first kappa shape index (κ1) is 32.0. The van der Waals surface area contributed by atoms with Crippen molar-refractivity contribution in [1.29, 1.82) is 0 Å². The van der Waals surface area contributed by atoms with E-state index >= 15 is 0 Å². The third kappa shape index (κ3) is 7.15. The second-order valence-corrected chi connectivity index (χ2v) is 12.0. The van der Waals surface area contributed by atoms with Crippen LogP contribution in [0.2, 0.25) is 0 Å². The standard InChI is InChI=1S/C46H38N2O2/c1-34-14-16-36(17-15-34)35(2)37-18-28-45(29-19-37)50-46-32-26-43(27-33-46)48(39-12-8-5-9-13-39)41-22-20-40(21-23-41)47(38-10-6-4-7-11-38)42-24-30-44(49-3)31-25-42/h4-33H,2H2,1,3H3. The lowest BCUT2D eigenvalue weighted by Gasteiger charge is -2.28. The Bertz CT molecular complexity index is 2140. The number of methoxy groups -OCH3 is 1. The predicted molar refractivity (Wildman–Crippen MR) is 208 cm³/mol. The number of anilines is 6. The molecule has 4 nitrogen and oxygen atoms in total. The molecule has 0 bridgehead atoms. The molecule has 0 spiro atoms. The summed E-state index contributed by atoms with van der Waals surface area (Å²) in [6.07, 6.45) is 0. The summed E-state index contributed by atoms with van der Waals surface area (Å²) in [6.45, 7) is 6.40. The van der Waals surface area contributed by atoms with E-state index in [0.29, 0.717) is 0 Å². The Morgan fingerprint density at radius 3 is 1.12 bits per heavy atom. The average Bonchev–Trinajstić information content (AvgIpc) is 3.18. The van der Waals surface area contributed by atoms with Crippen LogP contribution in [0, 0.1) is 6.92 Å². The molecule has 0 N–H and O–H groups in total. The largest absolute Gasteiger partial charge is 0.497 e. The van der Waals surface area contributed by atoms with Gasteiger partial charge >= 0.3 is 0 Å². The van der Waals surface area contributed by atoms with Crippen LogP contribution in [0.15, 0.2) is 189 Å². The number of hydrogen-bond acceptors (Lipinski definition) is 4. The van der Waals surface area contributed by atoms with Crippen molar-refractivity contribution in [2.75, 3.05) is 16.9 Å². The summed E-state index contributed by atoms with van der Waals surface area (Å²) < 4.78 is 11.7. The van der Waals surface area contributed by atoms with Crippen LogP contribution in [0.1, 0.15) is 16.7 Å². The molecule has 0 aliphatic carbocycles. The van der Waals surface area contributed by atoms with Gasteiger partial charge in [0.1, 0.15) is 17.2 Å². The normalized spacial score (nSPS) is 10.7. The maximum atomic E-state index is 6.26. The monoisotopic (exact) mass is 650 g/mol. The molecular weight excluding hydrogens is 613 g/mol. The molecule has 0 radical (unpaired) electrons. The number of benzene rings is 7. The summed E-state index contributed by atoms with van der Waals surface area (Å²) in [5.74, 6) is 2.36. The van der Waals surface area contributed by atoms with Crippen LogP contribution in [0.4, 0.5) is 34.1 Å². The first-order valence-electron chi connectivity index (χ1n) is 16.6. The summed E-state index contributed by atoms with van der Waals surface area (Å²) >= 11 is 0. The maximum absolute atomic E-state index is 6.26. The van der Waals surface area contributed by atoms with E-state index < -0.39 is 0 Å². The van der Waals surface area contributed by atoms with E-state index in [2.05, 4.69) is 157 Å². The van der Waals surface area contributed by atoms with Crippen molar-refractivity contribution in [3.05, 3.63) is 205 Å². The zero-order valence-corrected chi connectivity index (χ0v) is 28.2. The highest BCUT2D eigenvalue weighted by atomic mass is 16.5. The Morgan fingerprint density at radius 1 is 0.400 bits per heavy atom. The summed E-state index contributed by atoms with van der Waals surface area (Å²) in [6, 6.07) is 62.3. The lowest BCUT2D eigenvalue weighted by molar-refractivity contribution is 0.415. The molecule has 0 aromatic heterocycles. The van der Waals surface area contributed by atoms with Crippen LogP contribution in [-0.4, -0.2) is 7.11 Å². The van der Waals surface area contributed by atoms with Crippen molar-refractivity contribution in [1.82, 2.24) is 0 Å². The number of aryl methyl sites for hydroxylation is 1. The Labute approximate surface area is 294 Å². The molecule has 0 heterocycles. The van der Waals surface area contributed by atoms with Crippen LogP contribution >= 0.6 is 0 Å². The molecule has 0 saturated heterocycles. The Morgan fingerprint density at radius 2 is 0.720 bits per heavy atom. The van der Waals surface area contributed by atoms with E-state index in [0.717, 1.165) is 68.1 Å². The van der Waals surface area contributed by atoms with Gasteiger partial charge in [0.15, 0.2) is 0 Å². The highest BCUT2D eigenvalue weighted by Gasteiger charge is 2.16. The number of ether oxygens (including phenoxy) is 2. The highest BCUT2D eigenvalue weighted by molar-refractivity contribution is 5.81. The van der Waals surface area contributed by atoms with Gasteiger partial charge in [0, 0.05) is 34.1 Å². The zero-order chi connectivity index (χ0) is 34.3. The van der Waals surface area contributed by atoms with Gasteiger partial charge in [-0.25, -0.2) is 0 Å². The fraction of sp³-hybridized carbons (Fsp3) is 0.0435. The van der Waals surface area contributed by atoms with Crippen molar-refractivity contribution in [3.8, 4) is 17.2 Å². The molecule has 4 heteroatoms. The molecule has 0 amide bonds. The third-order valence-corrected chi connectivity index (χ3v) is 8.66. The van der Waals surface area contributed by atoms with Gasteiger partial charge in [-0.3, -0.25) is 0 Å². The lowest BCUT2D eigenvalue weighted by atomic mass is 9.99. The summed E-state index contributed by atoms with van der Waals surface area (Å²) in [4.78, 5) is 4.49. The molecule has 0 fully saturated rings. The highest BCUT2D eigenvalue weighted by Crippen LogP contribution is 2.40. The van der Waals surface area contributed by atoms with Crippen molar-refractivity contribution < 1.29 is 9.47 Å². The fourth-order valence-electron chi connectivity index (χ4n) is 5.98. The molecule has 0 saturated carbocycles. The van der Waals surface area contributed by atoms with Crippen molar-refractivity contribution in [2.45, 2.75) is 6.92 Å². The van der Waals surface area contributed by atoms with Crippen LogP contribution < -0.4 is 19.3 Å². The van der Waals surface area contributed by atoms with Gasteiger partial charge in [-0.05, 0) is 133 Å². The number of para-hydroxylation sites is 2. The maximum Gasteiger partial charge on any atom is 0.127 e. The van der Waals surface area contributed by atoms with Gasteiger partial charge in [-0.1, -0.05) is 84.9 Å². The number of hydrogen-bond donors (Lipinski definition) is 0. The molecular formula is C46H38N2O2. The van der Waals surface area contributed by atoms with Crippen LogP contribution in [0.5, 0.6) is 17.2 Å². The molecule has 7 aromatic rings. The predicted octanol–water partition coefficient (Wildman–Crippen LogP) is 12.8. The molecule has 0 aliphatic heterocycles. The topological polar surface area (TPSA) is 24.9 Å². The van der Waals surface area contributed by atoms with Gasteiger partial charge in [-0.2, -0.15) is 0 Å². The van der Waals surface area contributed by atoms with E-state index in [4.69, 9.17) is 9.47 Å². The molecule has 7 aromatic carbocycles. The minimum Gasteiger partial charge on any atom is -0.497 e. The Hall–Kier alpha value is -6.52. The smallest absolute Gasteiger partial charge is 0.127 e. The second-order valence-electron chi connectivity index (χ2n) is 12.0. The summed E-state index contributed by atoms with van der Waals surface area (Å²) in [5.41, 5.74) is 10.7. The molecule has 7 rings (SSSR count). The van der Waals surface area contributed by atoms with Crippen molar-refractivity contribution in [3.63, 3.8) is 0 Å². The molecule has 0 unspecified atom stereocenters. The van der Waals surface area contributed by atoms with E-state index in [1.165, 1.54) is 5.56 Å². The molecule has 0 aliphatic rings. The van der Waals surface area contributed by atoms with Gasteiger partial charge in [0.25, 0.3) is 0 Å². The van der Waals surface area contributed by atoms with E-state index in [1.54, 1.807) is 7.11 Å². The minimum absolute atomic E-state index is 0.764. The van der Waals surface area contributed by atoms with E-state index in [-0.39, 0.29) is 0 Å². The molecule has 50 heavy (non-hydrogen) atoms. The van der Waals surface area contributed by atoms with Gasteiger partial charge < -0.3 is 19.3 Å². The summed E-state index contributed by atoms with van der Waals surface area (Å²) in [7, 11) is 1.69. The van der Waals surface area contributed by atoms with Crippen LogP contribution in [0.3, 0.4) is 0 Å². The Kier molecular flexibility index (Phi) is 9.43. The van der Waals surface area contributed by atoms with Crippen LogP contribution in [-0.2, 0) is 0 Å². The fourth-order valence-corrected chi connectivity index (χ4v) is 5.98. The van der Waals surface area contributed by atoms with E-state index in [9.17, 15) is 0 Å².